The number of non-ortho nitro benzene ring substituents is 1. The molecule has 0 radical (unpaired) electrons. The molecule has 1 aliphatic rings. The molecule has 1 saturated carbocycles. The Morgan fingerprint density at radius 1 is 1.14 bits per heavy atom. The van der Waals surface area contributed by atoms with Crippen molar-refractivity contribution in [2.75, 3.05) is 27.2 Å². The molecular weight excluding hydrogens is 358 g/mol. The number of nitrogens with zero attached hydrogens (tertiary/aromatic N) is 2. The number of benzene rings is 1. The molecule has 0 bridgehead atoms. The zero-order valence-electron chi connectivity index (χ0n) is 17.1. The maximum absolute atomic E-state index is 12.6. The van der Waals surface area contributed by atoms with Crippen LogP contribution in [0.4, 0.5) is 5.69 Å². The second-order valence-corrected chi connectivity index (χ2v) is 7.54. The lowest BCUT2D eigenvalue weighted by Crippen LogP contribution is -2.40. The quantitative estimate of drug-likeness (QED) is 0.353. The molecule has 1 N–H and O–H groups in total. The lowest BCUT2D eigenvalue weighted by Gasteiger charge is -2.34. The van der Waals surface area contributed by atoms with Crippen LogP contribution in [-0.2, 0) is 4.74 Å². The Balaban J connectivity index is 1.69. The average molecular weight is 392 g/mol. The van der Waals surface area contributed by atoms with E-state index in [1.165, 1.54) is 43.5 Å². The van der Waals surface area contributed by atoms with Gasteiger partial charge in [-0.25, -0.2) is 0 Å². The first kappa shape index (κ1) is 22.3. The number of ether oxygens (including phenoxy) is 1. The molecule has 0 atom stereocenters. The van der Waals surface area contributed by atoms with E-state index in [4.69, 9.17) is 4.74 Å². The van der Waals surface area contributed by atoms with E-state index in [1.807, 2.05) is 14.1 Å². The molecule has 1 aromatic carbocycles. The van der Waals surface area contributed by atoms with Crippen LogP contribution >= 0.6 is 0 Å². The van der Waals surface area contributed by atoms with E-state index in [1.54, 1.807) is 4.90 Å². The van der Waals surface area contributed by atoms with Crippen molar-refractivity contribution in [1.82, 2.24) is 10.2 Å². The normalized spacial score (nSPS) is 19.4. The summed E-state index contributed by atoms with van der Waals surface area (Å²) in [5.41, 5.74) is 0.489. The zero-order valence-corrected chi connectivity index (χ0v) is 17.1. The summed E-state index contributed by atoms with van der Waals surface area (Å²) in [5, 5.41) is 13.9. The van der Waals surface area contributed by atoms with Gasteiger partial charge in [-0.15, -0.1) is 0 Å². The SMILES string of the molecule is CNCCCCCCO[C@H]1CC[C@H](N(C)C(=O)c2ccc([N+](=O)[O-])cc2)CC1. The molecule has 1 amide bonds. The second-order valence-electron chi connectivity index (χ2n) is 7.54. The monoisotopic (exact) mass is 391 g/mol. The Hall–Kier alpha value is -1.99. The predicted octanol–water partition coefficient (Wildman–Crippen LogP) is 3.77. The Kier molecular flexibility index (Phi) is 9.37. The summed E-state index contributed by atoms with van der Waals surface area (Å²) in [6, 6.07) is 6.02. The number of nitro groups is 1. The predicted molar refractivity (Wildman–Crippen MR) is 110 cm³/mol. The van der Waals surface area contributed by atoms with Crippen LogP contribution in [0.3, 0.4) is 0 Å². The molecule has 0 aromatic heterocycles. The average Bonchev–Trinajstić information content (AvgIpc) is 2.72. The van der Waals surface area contributed by atoms with E-state index in [0.29, 0.717) is 11.7 Å². The molecule has 28 heavy (non-hydrogen) atoms. The number of nitro benzene ring substituents is 1. The van der Waals surface area contributed by atoms with Crippen molar-refractivity contribution in [3.05, 3.63) is 39.9 Å². The lowest BCUT2D eigenvalue weighted by molar-refractivity contribution is -0.384. The summed E-state index contributed by atoms with van der Waals surface area (Å²) in [6.45, 7) is 1.91. The van der Waals surface area contributed by atoms with Gasteiger partial charge in [-0.2, -0.15) is 0 Å². The molecule has 0 spiro atoms. The highest BCUT2D eigenvalue weighted by molar-refractivity contribution is 5.94. The Labute approximate surface area is 167 Å². The minimum Gasteiger partial charge on any atom is -0.378 e. The third kappa shape index (κ3) is 6.87. The summed E-state index contributed by atoms with van der Waals surface area (Å²) < 4.78 is 6.02. The van der Waals surface area contributed by atoms with Crippen LogP contribution in [0, 0.1) is 10.1 Å². The highest BCUT2D eigenvalue weighted by Crippen LogP contribution is 2.26. The van der Waals surface area contributed by atoms with Gasteiger partial charge in [-0.3, -0.25) is 14.9 Å². The fourth-order valence-corrected chi connectivity index (χ4v) is 3.70. The van der Waals surface area contributed by atoms with Gasteiger partial charge in [0.05, 0.1) is 11.0 Å². The van der Waals surface area contributed by atoms with Crippen LogP contribution in [0.2, 0.25) is 0 Å². The number of hydrogen-bond donors (Lipinski definition) is 1. The van der Waals surface area contributed by atoms with Crippen molar-refractivity contribution in [1.29, 1.82) is 0 Å². The fourth-order valence-electron chi connectivity index (χ4n) is 3.70. The molecule has 2 rings (SSSR count). The van der Waals surface area contributed by atoms with Crippen molar-refractivity contribution >= 4 is 11.6 Å². The number of carbonyl (C=O) groups excluding carboxylic acids is 1. The molecule has 1 aromatic rings. The van der Waals surface area contributed by atoms with Crippen LogP contribution < -0.4 is 5.32 Å². The molecule has 0 heterocycles. The van der Waals surface area contributed by atoms with Crippen molar-refractivity contribution in [2.45, 2.75) is 63.5 Å². The van der Waals surface area contributed by atoms with Gasteiger partial charge < -0.3 is 15.0 Å². The van der Waals surface area contributed by atoms with Crippen molar-refractivity contribution < 1.29 is 14.5 Å². The van der Waals surface area contributed by atoms with E-state index >= 15 is 0 Å². The first-order chi connectivity index (χ1) is 13.5. The number of nitrogens with one attached hydrogen (secondary N) is 1. The van der Waals surface area contributed by atoms with Crippen LogP contribution in [0.15, 0.2) is 24.3 Å². The van der Waals surface area contributed by atoms with E-state index in [0.717, 1.165) is 45.3 Å². The molecule has 0 unspecified atom stereocenters. The smallest absolute Gasteiger partial charge is 0.269 e. The maximum Gasteiger partial charge on any atom is 0.269 e. The second kappa shape index (κ2) is 11.8. The lowest BCUT2D eigenvalue weighted by atomic mass is 9.91. The Morgan fingerprint density at radius 3 is 2.39 bits per heavy atom. The fraction of sp³-hybridized carbons (Fsp3) is 0.667. The van der Waals surface area contributed by atoms with Gasteiger partial charge >= 0.3 is 0 Å². The van der Waals surface area contributed by atoms with E-state index in [-0.39, 0.29) is 17.6 Å². The molecular formula is C21H33N3O4. The number of unbranched alkanes of at least 4 members (excludes halogenated alkanes) is 3. The van der Waals surface area contributed by atoms with E-state index in [2.05, 4.69) is 5.32 Å². The van der Waals surface area contributed by atoms with Crippen LogP contribution in [0.5, 0.6) is 0 Å². The van der Waals surface area contributed by atoms with Crippen LogP contribution in [0.1, 0.15) is 61.7 Å². The van der Waals surface area contributed by atoms with Gasteiger partial charge in [-0.05, 0) is 64.3 Å². The van der Waals surface area contributed by atoms with Crippen molar-refractivity contribution in [2.24, 2.45) is 0 Å². The summed E-state index contributed by atoms with van der Waals surface area (Å²) in [6.07, 6.45) is 8.90. The van der Waals surface area contributed by atoms with Gasteiger partial charge in [-0.1, -0.05) is 12.8 Å². The first-order valence-corrected chi connectivity index (χ1v) is 10.3. The Bertz CT molecular complexity index is 613. The van der Waals surface area contributed by atoms with Crippen LogP contribution in [0.25, 0.3) is 0 Å². The zero-order chi connectivity index (χ0) is 20.4. The molecule has 0 aliphatic heterocycles. The Morgan fingerprint density at radius 2 is 1.79 bits per heavy atom. The van der Waals surface area contributed by atoms with Gasteiger partial charge in [0, 0.05) is 37.4 Å². The van der Waals surface area contributed by atoms with Crippen LogP contribution in [-0.4, -0.2) is 55.1 Å². The molecule has 156 valence electrons. The standard InChI is InChI=1S/C21H33N3O4/c1-22-15-5-3-4-6-16-28-20-13-11-18(12-14-20)23(2)21(25)17-7-9-19(10-8-17)24(26)27/h7-10,18,20,22H,3-6,11-16H2,1-2H3/t18-,20-. The summed E-state index contributed by atoms with van der Waals surface area (Å²) >= 11 is 0. The number of hydrogen-bond acceptors (Lipinski definition) is 5. The summed E-state index contributed by atoms with van der Waals surface area (Å²) in [5.74, 6) is -0.0826. The van der Waals surface area contributed by atoms with Gasteiger partial charge in [0.1, 0.15) is 0 Å². The van der Waals surface area contributed by atoms with Crippen molar-refractivity contribution in [3.63, 3.8) is 0 Å². The minimum atomic E-state index is -0.457. The van der Waals surface area contributed by atoms with E-state index in [9.17, 15) is 14.9 Å². The molecule has 0 saturated heterocycles. The number of carbonyl (C=O) groups is 1. The largest absolute Gasteiger partial charge is 0.378 e. The molecule has 7 heteroatoms. The number of rotatable bonds is 11. The third-order valence-electron chi connectivity index (χ3n) is 5.51. The molecule has 7 nitrogen and oxygen atoms in total. The first-order valence-electron chi connectivity index (χ1n) is 10.3. The third-order valence-corrected chi connectivity index (χ3v) is 5.51. The maximum atomic E-state index is 12.6. The van der Waals surface area contributed by atoms with Gasteiger partial charge in [0.15, 0.2) is 0 Å². The minimum absolute atomic E-state index is 0.00103. The van der Waals surface area contributed by atoms with Gasteiger partial charge in [0.2, 0.25) is 0 Å². The topological polar surface area (TPSA) is 84.7 Å². The van der Waals surface area contributed by atoms with Gasteiger partial charge in [0.25, 0.3) is 11.6 Å². The highest BCUT2D eigenvalue weighted by atomic mass is 16.6. The van der Waals surface area contributed by atoms with E-state index < -0.39 is 4.92 Å². The highest BCUT2D eigenvalue weighted by Gasteiger charge is 2.27. The molecule has 1 fully saturated rings. The summed E-state index contributed by atoms with van der Waals surface area (Å²) in [7, 11) is 3.80. The van der Waals surface area contributed by atoms with Crippen molar-refractivity contribution in [3.8, 4) is 0 Å². The summed E-state index contributed by atoms with van der Waals surface area (Å²) in [4.78, 5) is 24.7. The molecule has 1 aliphatic carbocycles. The number of amides is 1.